The molecule has 0 radical (unpaired) electrons. The fourth-order valence-electron chi connectivity index (χ4n) is 3.43. The quantitative estimate of drug-likeness (QED) is 0.610. The number of nitrogens with zero attached hydrogens (tertiary/aromatic N) is 1. The monoisotopic (exact) mass is 438 g/mol. The van der Waals surface area contributed by atoms with Crippen molar-refractivity contribution in [1.82, 2.24) is 0 Å². The molecule has 8 heteroatoms. The summed E-state index contributed by atoms with van der Waals surface area (Å²) >= 11 is 1.56. The highest BCUT2D eigenvalue weighted by molar-refractivity contribution is 7.99. The van der Waals surface area contributed by atoms with Gasteiger partial charge in [0.25, 0.3) is 0 Å². The number of anilines is 2. The van der Waals surface area contributed by atoms with E-state index in [1.54, 1.807) is 43.3 Å². The second-order valence-electron chi connectivity index (χ2n) is 6.89. The number of hydrogen-bond acceptors (Lipinski definition) is 6. The SMILES string of the molecule is COc1ccc(OC)c(NC(=O)CN2C(=O)C[C@H](c3ccco3)Sc3ccccc32)c1. The first-order valence-corrected chi connectivity index (χ1v) is 10.6. The standard InChI is InChI=1S/C23H22N2O5S/c1-28-15-9-10-18(29-2)16(12-15)24-22(26)14-25-17-6-3-4-8-20(17)31-21(13-23(25)27)19-7-5-11-30-19/h3-12,21H,13-14H2,1-2H3,(H,24,26)/t21-/m1/s1. The van der Waals surface area contributed by atoms with E-state index in [-0.39, 0.29) is 30.0 Å². The molecular weight excluding hydrogens is 416 g/mol. The Bertz CT molecular complexity index is 1080. The Labute approximate surface area is 184 Å². The number of amides is 2. The Morgan fingerprint density at radius 3 is 2.74 bits per heavy atom. The van der Waals surface area contributed by atoms with Gasteiger partial charge in [0.1, 0.15) is 23.8 Å². The largest absolute Gasteiger partial charge is 0.497 e. The predicted octanol–water partition coefficient (Wildman–Crippen LogP) is 4.51. The number of hydrogen-bond donors (Lipinski definition) is 1. The summed E-state index contributed by atoms with van der Waals surface area (Å²) < 4.78 is 16.1. The third-order valence-corrected chi connectivity index (χ3v) is 6.21. The topological polar surface area (TPSA) is 81.0 Å². The summed E-state index contributed by atoms with van der Waals surface area (Å²) in [6, 6.07) is 16.4. The fourth-order valence-corrected chi connectivity index (χ4v) is 4.67. The van der Waals surface area contributed by atoms with Crippen LogP contribution in [0.25, 0.3) is 0 Å². The molecular formula is C23H22N2O5S. The van der Waals surface area contributed by atoms with Gasteiger partial charge in [-0.25, -0.2) is 0 Å². The van der Waals surface area contributed by atoms with E-state index in [1.807, 2.05) is 36.4 Å². The molecule has 31 heavy (non-hydrogen) atoms. The Morgan fingerprint density at radius 2 is 2.00 bits per heavy atom. The van der Waals surface area contributed by atoms with Crippen molar-refractivity contribution in [3.8, 4) is 11.5 Å². The number of carbonyl (C=O) groups excluding carboxylic acids is 2. The molecule has 0 bridgehead atoms. The Morgan fingerprint density at radius 1 is 1.16 bits per heavy atom. The Hall–Kier alpha value is -3.39. The lowest BCUT2D eigenvalue weighted by Gasteiger charge is -2.22. The number of furan rings is 1. The van der Waals surface area contributed by atoms with Gasteiger partial charge >= 0.3 is 0 Å². The average Bonchev–Trinajstić information content (AvgIpc) is 3.28. The zero-order valence-electron chi connectivity index (χ0n) is 17.2. The van der Waals surface area contributed by atoms with Gasteiger partial charge in [-0.15, -0.1) is 11.8 Å². The number of methoxy groups -OCH3 is 2. The molecule has 0 spiro atoms. The summed E-state index contributed by atoms with van der Waals surface area (Å²) in [7, 11) is 3.07. The summed E-state index contributed by atoms with van der Waals surface area (Å²) in [5.41, 5.74) is 1.18. The van der Waals surface area contributed by atoms with Gasteiger partial charge in [0.2, 0.25) is 11.8 Å². The minimum atomic E-state index is -0.337. The predicted molar refractivity (Wildman–Crippen MR) is 119 cm³/mol. The zero-order chi connectivity index (χ0) is 21.8. The molecule has 0 fully saturated rings. The smallest absolute Gasteiger partial charge is 0.244 e. The Balaban J connectivity index is 1.58. The van der Waals surface area contributed by atoms with Gasteiger partial charge in [-0.3, -0.25) is 9.59 Å². The maximum atomic E-state index is 13.1. The molecule has 1 atom stereocenters. The van der Waals surface area contributed by atoms with Crippen LogP contribution in [-0.4, -0.2) is 32.6 Å². The number of carbonyl (C=O) groups is 2. The van der Waals surface area contributed by atoms with Crippen LogP contribution < -0.4 is 19.7 Å². The molecule has 2 aromatic carbocycles. The van der Waals surface area contributed by atoms with Crippen LogP contribution in [0.3, 0.4) is 0 Å². The minimum Gasteiger partial charge on any atom is -0.497 e. The van der Waals surface area contributed by atoms with Gasteiger partial charge in [0, 0.05) is 17.4 Å². The van der Waals surface area contributed by atoms with Crippen LogP contribution >= 0.6 is 11.8 Å². The molecule has 1 aliphatic heterocycles. The summed E-state index contributed by atoms with van der Waals surface area (Å²) in [5, 5.41) is 2.67. The first-order valence-electron chi connectivity index (χ1n) is 9.70. The van der Waals surface area contributed by atoms with Crippen molar-refractivity contribution < 1.29 is 23.5 Å². The molecule has 4 rings (SSSR count). The van der Waals surface area contributed by atoms with E-state index >= 15 is 0 Å². The maximum absolute atomic E-state index is 13.1. The number of rotatable bonds is 6. The second-order valence-corrected chi connectivity index (χ2v) is 8.13. The molecule has 7 nitrogen and oxygen atoms in total. The minimum absolute atomic E-state index is 0.123. The van der Waals surface area contributed by atoms with E-state index in [4.69, 9.17) is 13.9 Å². The molecule has 2 amide bonds. The van der Waals surface area contributed by atoms with Gasteiger partial charge < -0.3 is 24.1 Å². The van der Waals surface area contributed by atoms with Crippen molar-refractivity contribution in [2.45, 2.75) is 16.6 Å². The van der Waals surface area contributed by atoms with Crippen LogP contribution in [0.4, 0.5) is 11.4 Å². The second kappa shape index (κ2) is 9.18. The molecule has 160 valence electrons. The van der Waals surface area contributed by atoms with Crippen LogP contribution in [0, 0.1) is 0 Å². The van der Waals surface area contributed by atoms with Crippen LogP contribution in [0.5, 0.6) is 11.5 Å². The molecule has 1 N–H and O–H groups in total. The van der Waals surface area contributed by atoms with Gasteiger partial charge in [-0.2, -0.15) is 0 Å². The molecule has 3 aromatic rings. The Kier molecular flexibility index (Phi) is 6.18. The van der Waals surface area contributed by atoms with Crippen molar-refractivity contribution in [2.24, 2.45) is 0 Å². The van der Waals surface area contributed by atoms with Crippen molar-refractivity contribution in [2.75, 3.05) is 31.0 Å². The lowest BCUT2D eigenvalue weighted by molar-refractivity contribution is -0.121. The van der Waals surface area contributed by atoms with Crippen LogP contribution in [0.2, 0.25) is 0 Å². The van der Waals surface area contributed by atoms with Crippen LogP contribution in [-0.2, 0) is 9.59 Å². The summed E-state index contributed by atoms with van der Waals surface area (Å²) in [6.07, 6.45) is 1.83. The van der Waals surface area contributed by atoms with Crippen molar-refractivity contribution in [1.29, 1.82) is 0 Å². The van der Waals surface area contributed by atoms with E-state index in [9.17, 15) is 9.59 Å². The first kappa shape index (κ1) is 20.9. The zero-order valence-corrected chi connectivity index (χ0v) is 18.0. The summed E-state index contributed by atoms with van der Waals surface area (Å²) in [5.74, 6) is 1.35. The van der Waals surface area contributed by atoms with Crippen molar-refractivity contribution in [3.05, 3.63) is 66.6 Å². The molecule has 1 aromatic heterocycles. The molecule has 0 saturated carbocycles. The summed E-state index contributed by atoms with van der Waals surface area (Å²) in [4.78, 5) is 28.5. The van der Waals surface area contributed by atoms with Crippen LogP contribution in [0.15, 0.2) is 70.2 Å². The van der Waals surface area contributed by atoms with Gasteiger partial charge in [-0.1, -0.05) is 12.1 Å². The molecule has 0 unspecified atom stereocenters. The normalized spacial score (nSPS) is 15.7. The number of fused-ring (bicyclic) bond motifs is 1. The van der Waals surface area contributed by atoms with E-state index in [1.165, 1.54) is 12.0 Å². The fraction of sp³-hybridized carbons (Fsp3) is 0.217. The van der Waals surface area contributed by atoms with Gasteiger partial charge in [0.05, 0.1) is 37.1 Å². The summed E-state index contributed by atoms with van der Waals surface area (Å²) in [6.45, 7) is -0.123. The van der Waals surface area contributed by atoms with E-state index in [0.717, 1.165) is 10.7 Å². The number of ether oxygens (including phenoxy) is 2. The molecule has 1 aliphatic rings. The third kappa shape index (κ3) is 4.54. The first-order chi connectivity index (χ1) is 15.1. The number of thioether (sulfide) groups is 1. The highest BCUT2D eigenvalue weighted by Crippen LogP contribution is 2.45. The molecule has 2 heterocycles. The molecule has 0 saturated heterocycles. The van der Waals surface area contributed by atoms with E-state index in [0.29, 0.717) is 22.9 Å². The van der Waals surface area contributed by atoms with Crippen molar-refractivity contribution >= 4 is 35.0 Å². The lowest BCUT2D eigenvalue weighted by atomic mass is 10.2. The maximum Gasteiger partial charge on any atom is 0.244 e. The average molecular weight is 439 g/mol. The number of nitrogens with one attached hydrogen (secondary N) is 1. The van der Waals surface area contributed by atoms with Crippen LogP contribution in [0.1, 0.15) is 17.4 Å². The van der Waals surface area contributed by atoms with Gasteiger partial charge in [-0.05, 0) is 36.4 Å². The highest BCUT2D eigenvalue weighted by Gasteiger charge is 2.31. The highest BCUT2D eigenvalue weighted by atomic mass is 32.2. The van der Waals surface area contributed by atoms with E-state index < -0.39 is 0 Å². The van der Waals surface area contributed by atoms with Crippen molar-refractivity contribution in [3.63, 3.8) is 0 Å². The molecule has 0 aliphatic carbocycles. The van der Waals surface area contributed by atoms with E-state index in [2.05, 4.69) is 5.32 Å². The lowest BCUT2D eigenvalue weighted by Crippen LogP contribution is -2.38. The number of para-hydroxylation sites is 1. The third-order valence-electron chi connectivity index (χ3n) is 4.93. The number of benzene rings is 2. The van der Waals surface area contributed by atoms with Gasteiger partial charge in [0.15, 0.2) is 0 Å².